The first-order valence-electron chi connectivity index (χ1n) is 8.60. The van der Waals surface area contributed by atoms with Gasteiger partial charge in [0.25, 0.3) is 0 Å². The number of ether oxygens (including phenoxy) is 1. The van der Waals surface area contributed by atoms with Crippen molar-refractivity contribution in [1.29, 1.82) is 0 Å². The number of benzene rings is 1. The van der Waals surface area contributed by atoms with Crippen LogP contribution in [0, 0.1) is 5.92 Å². The van der Waals surface area contributed by atoms with Crippen molar-refractivity contribution in [3.05, 3.63) is 35.1 Å². The zero-order valence-electron chi connectivity index (χ0n) is 13.2. The highest BCUT2D eigenvalue weighted by molar-refractivity contribution is 6.30. The van der Waals surface area contributed by atoms with Gasteiger partial charge in [0.2, 0.25) is 0 Å². The third-order valence-electron chi connectivity index (χ3n) is 5.18. The van der Waals surface area contributed by atoms with Crippen LogP contribution in [0.3, 0.4) is 0 Å². The molecule has 0 bridgehead atoms. The molecule has 2 aliphatic rings. The van der Waals surface area contributed by atoms with Gasteiger partial charge in [-0.3, -0.25) is 0 Å². The van der Waals surface area contributed by atoms with Gasteiger partial charge in [0, 0.05) is 36.3 Å². The SMILES string of the molecule is Clc1cccc(-c2nnc3n2CCCCC3C2CCOCC2)c1. The molecule has 0 spiro atoms. The predicted molar refractivity (Wildman–Crippen MR) is 90.6 cm³/mol. The van der Waals surface area contributed by atoms with E-state index >= 15 is 0 Å². The van der Waals surface area contributed by atoms with Crippen molar-refractivity contribution in [3.8, 4) is 11.4 Å². The number of halogens is 1. The zero-order valence-corrected chi connectivity index (χ0v) is 14.0. The number of nitrogens with zero attached hydrogens (tertiary/aromatic N) is 3. The Hall–Kier alpha value is -1.39. The Balaban J connectivity index is 1.71. The predicted octanol–water partition coefficient (Wildman–Crippen LogP) is 4.29. The van der Waals surface area contributed by atoms with Gasteiger partial charge in [-0.15, -0.1) is 10.2 Å². The van der Waals surface area contributed by atoms with E-state index in [1.807, 2.05) is 18.2 Å². The minimum absolute atomic E-state index is 0.516. The van der Waals surface area contributed by atoms with Crippen molar-refractivity contribution in [1.82, 2.24) is 14.8 Å². The van der Waals surface area contributed by atoms with E-state index in [-0.39, 0.29) is 0 Å². The number of fused-ring (bicyclic) bond motifs is 1. The molecule has 1 unspecified atom stereocenters. The Morgan fingerprint density at radius 2 is 1.96 bits per heavy atom. The van der Waals surface area contributed by atoms with E-state index in [1.165, 1.54) is 25.1 Å². The lowest BCUT2D eigenvalue weighted by atomic mass is 9.82. The second-order valence-electron chi connectivity index (χ2n) is 6.60. The number of rotatable bonds is 2. The number of aromatic nitrogens is 3. The van der Waals surface area contributed by atoms with Gasteiger partial charge in [0.1, 0.15) is 5.82 Å². The third-order valence-corrected chi connectivity index (χ3v) is 5.41. The second-order valence-corrected chi connectivity index (χ2v) is 7.03. The van der Waals surface area contributed by atoms with Crippen LogP contribution in [-0.4, -0.2) is 28.0 Å². The Labute approximate surface area is 141 Å². The molecule has 3 heterocycles. The van der Waals surface area contributed by atoms with E-state index in [0.717, 1.165) is 49.0 Å². The summed E-state index contributed by atoms with van der Waals surface area (Å²) in [5.41, 5.74) is 1.06. The van der Waals surface area contributed by atoms with Crippen LogP contribution < -0.4 is 0 Å². The van der Waals surface area contributed by atoms with Crippen molar-refractivity contribution < 1.29 is 4.74 Å². The second kappa shape index (κ2) is 6.62. The Morgan fingerprint density at radius 1 is 1.09 bits per heavy atom. The summed E-state index contributed by atoms with van der Waals surface area (Å²) in [7, 11) is 0. The van der Waals surface area contributed by atoms with Crippen LogP contribution in [0.25, 0.3) is 11.4 Å². The molecule has 1 fully saturated rings. The van der Waals surface area contributed by atoms with Gasteiger partial charge < -0.3 is 9.30 Å². The quantitative estimate of drug-likeness (QED) is 0.824. The van der Waals surface area contributed by atoms with Crippen molar-refractivity contribution >= 4 is 11.6 Å². The fourth-order valence-corrected chi connectivity index (χ4v) is 4.17. The molecular formula is C18H22ClN3O. The van der Waals surface area contributed by atoms with Gasteiger partial charge in [0.05, 0.1) is 0 Å². The molecule has 0 aliphatic carbocycles. The Kier molecular flexibility index (Phi) is 4.36. The monoisotopic (exact) mass is 331 g/mol. The summed E-state index contributed by atoms with van der Waals surface area (Å²) in [6.07, 6.45) is 5.96. The summed E-state index contributed by atoms with van der Waals surface area (Å²) in [5, 5.41) is 9.87. The molecule has 2 aromatic rings. The Bertz CT molecular complexity index is 679. The van der Waals surface area contributed by atoms with Gasteiger partial charge in [-0.05, 0) is 43.7 Å². The molecule has 2 aliphatic heterocycles. The molecule has 4 rings (SSSR count). The van der Waals surface area contributed by atoms with Gasteiger partial charge in [0.15, 0.2) is 5.82 Å². The maximum absolute atomic E-state index is 6.16. The van der Waals surface area contributed by atoms with E-state index in [1.54, 1.807) is 0 Å². The summed E-state index contributed by atoms with van der Waals surface area (Å²) in [6.45, 7) is 2.77. The smallest absolute Gasteiger partial charge is 0.164 e. The molecule has 4 nitrogen and oxygen atoms in total. The highest BCUT2D eigenvalue weighted by Gasteiger charge is 2.31. The van der Waals surface area contributed by atoms with Gasteiger partial charge in [-0.25, -0.2) is 0 Å². The van der Waals surface area contributed by atoms with Crippen LogP contribution >= 0.6 is 11.6 Å². The van der Waals surface area contributed by atoms with E-state index in [2.05, 4.69) is 20.8 Å². The molecule has 122 valence electrons. The first-order valence-corrected chi connectivity index (χ1v) is 8.97. The molecule has 23 heavy (non-hydrogen) atoms. The van der Waals surface area contributed by atoms with E-state index < -0.39 is 0 Å². The summed E-state index contributed by atoms with van der Waals surface area (Å²) < 4.78 is 7.87. The van der Waals surface area contributed by atoms with E-state index in [4.69, 9.17) is 16.3 Å². The van der Waals surface area contributed by atoms with Crippen molar-refractivity contribution in [2.24, 2.45) is 5.92 Å². The molecule has 0 amide bonds. The fourth-order valence-electron chi connectivity index (χ4n) is 3.98. The van der Waals surface area contributed by atoms with Crippen LogP contribution in [0.15, 0.2) is 24.3 Å². The summed E-state index contributed by atoms with van der Waals surface area (Å²) in [4.78, 5) is 0. The lowest BCUT2D eigenvalue weighted by Crippen LogP contribution is -2.23. The van der Waals surface area contributed by atoms with Crippen LogP contribution in [0.2, 0.25) is 5.02 Å². The van der Waals surface area contributed by atoms with Crippen molar-refractivity contribution in [2.45, 2.75) is 44.6 Å². The first-order chi connectivity index (χ1) is 11.3. The maximum Gasteiger partial charge on any atom is 0.164 e. The van der Waals surface area contributed by atoms with Crippen LogP contribution in [0.1, 0.15) is 43.8 Å². The molecule has 5 heteroatoms. The molecule has 0 radical (unpaired) electrons. The molecule has 1 aromatic carbocycles. The summed E-state index contributed by atoms with van der Waals surface area (Å²) in [5.74, 6) is 3.32. The van der Waals surface area contributed by atoms with Crippen LogP contribution in [0.5, 0.6) is 0 Å². The molecule has 1 aromatic heterocycles. The van der Waals surface area contributed by atoms with Gasteiger partial charge >= 0.3 is 0 Å². The first kappa shape index (κ1) is 15.2. The number of hydrogen-bond donors (Lipinski definition) is 0. The maximum atomic E-state index is 6.16. The minimum atomic E-state index is 0.516. The Morgan fingerprint density at radius 3 is 2.78 bits per heavy atom. The zero-order chi connectivity index (χ0) is 15.6. The minimum Gasteiger partial charge on any atom is -0.381 e. The van der Waals surface area contributed by atoms with Crippen molar-refractivity contribution in [2.75, 3.05) is 13.2 Å². The fraction of sp³-hybridized carbons (Fsp3) is 0.556. The highest BCUT2D eigenvalue weighted by Crippen LogP contribution is 2.38. The number of hydrogen-bond acceptors (Lipinski definition) is 3. The lowest BCUT2D eigenvalue weighted by molar-refractivity contribution is 0.0556. The van der Waals surface area contributed by atoms with Crippen molar-refractivity contribution in [3.63, 3.8) is 0 Å². The van der Waals surface area contributed by atoms with Gasteiger partial charge in [-0.2, -0.15) is 0 Å². The standard InChI is InChI=1S/C18H22ClN3O/c19-15-5-3-4-14(12-15)17-20-21-18-16(6-1-2-9-22(17)18)13-7-10-23-11-8-13/h3-5,12-13,16H,1-2,6-11H2. The van der Waals surface area contributed by atoms with Gasteiger partial charge in [-0.1, -0.05) is 30.2 Å². The van der Waals surface area contributed by atoms with Crippen LogP contribution in [0.4, 0.5) is 0 Å². The highest BCUT2D eigenvalue weighted by atomic mass is 35.5. The lowest BCUT2D eigenvalue weighted by Gasteiger charge is -2.29. The van der Waals surface area contributed by atoms with Crippen LogP contribution in [-0.2, 0) is 11.3 Å². The molecule has 0 N–H and O–H groups in total. The molecular weight excluding hydrogens is 310 g/mol. The summed E-state index contributed by atoms with van der Waals surface area (Å²) >= 11 is 6.16. The molecule has 1 saturated heterocycles. The average Bonchev–Trinajstić information content (AvgIpc) is 2.88. The summed E-state index contributed by atoms with van der Waals surface area (Å²) in [6, 6.07) is 7.92. The average molecular weight is 332 g/mol. The molecule has 0 saturated carbocycles. The van der Waals surface area contributed by atoms with E-state index in [9.17, 15) is 0 Å². The third kappa shape index (κ3) is 3.02. The molecule has 1 atom stereocenters. The topological polar surface area (TPSA) is 39.9 Å². The van der Waals surface area contributed by atoms with E-state index in [0.29, 0.717) is 11.8 Å². The largest absolute Gasteiger partial charge is 0.381 e. The normalized spacial score (nSPS) is 22.6.